The van der Waals surface area contributed by atoms with Crippen LogP contribution in [0.4, 0.5) is 14.5 Å². The molecule has 0 spiro atoms. The highest BCUT2D eigenvalue weighted by atomic mass is 19.1. The van der Waals surface area contributed by atoms with Gasteiger partial charge in [-0.3, -0.25) is 9.69 Å². The van der Waals surface area contributed by atoms with E-state index in [1.807, 2.05) is 0 Å². The Balaban J connectivity index is 1.45. The largest absolute Gasteiger partial charge is 0.493 e. The van der Waals surface area contributed by atoms with Crippen molar-refractivity contribution in [1.82, 2.24) is 0 Å². The molecule has 8 heteroatoms. The van der Waals surface area contributed by atoms with Gasteiger partial charge < -0.3 is 14.2 Å². The molecular formula is C27H21F2NO5. The Morgan fingerprint density at radius 3 is 2.51 bits per heavy atom. The summed E-state index contributed by atoms with van der Waals surface area (Å²) in [6.07, 6.45) is 0.00336. The second kappa shape index (κ2) is 9.21. The number of amides is 1. The third kappa shape index (κ3) is 4.35. The number of rotatable bonds is 6. The fourth-order valence-electron chi connectivity index (χ4n) is 4.42. The van der Waals surface area contributed by atoms with Crippen LogP contribution in [0.2, 0.25) is 0 Å². The molecule has 35 heavy (non-hydrogen) atoms. The average molecular weight is 477 g/mol. The molecule has 6 nitrogen and oxygen atoms in total. The normalized spacial score (nSPS) is 17.3. The number of halogens is 2. The first kappa shape index (κ1) is 22.6. The van der Waals surface area contributed by atoms with Crippen LogP contribution in [0.1, 0.15) is 23.5 Å². The van der Waals surface area contributed by atoms with E-state index < -0.39 is 17.7 Å². The summed E-state index contributed by atoms with van der Waals surface area (Å²) in [6.45, 7) is 0.144. The monoisotopic (exact) mass is 477 g/mol. The molecule has 0 saturated carbocycles. The highest BCUT2D eigenvalue weighted by molar-refractivity contribution is 6.06. The second-order valence-electron chi connectivity index (χ2n) is 8.23. The van der Waals surface area contributed by atoms with Crippen LogP contribution in [-0.2, 0) is 20.9 Å². The molecule has 3 aromatic carbocycles. The van der Waals surface area contributed by atoms with Crippen LogP contribution in [0.15, 0.2) is 78.0 Å². The average Bonchev–Trinajstić information content (AvgIpc) is 3.24. The first-order valence-corrected chi connectivity index (χ1v) is 11.0. The summed E-state index contributed by atoms with van der Waals surface area (Å²) in [5, 5.41) is 0. The van der Waals surface area contributed by atoms with Crippen molar-refractivity contribution in [2.75, 3.05) is 18.6 Å². The number of carbonyl (C=O) groups excluding carboxylic acids is 2. The molecule has 2 heterocycles. The van der Waals surface area contributed by atoms with Gasteiger partial charge in [0.25, 0.3) is 0 Å². The number of ether oxygens (including phenoxy) is 3. The Morgan fingerprint density at radius 1 is 0.971 bits per heavy atom. The number of hydrogen-bond donors (Lipinski definition) is 0. The molecule has 2 aliphatic rings. The quantitative estimate of drug-likeness (QED) is 0.474. The first-order chi connectivity index (χ1) is 16.9. The Bertz CT molecular complexity index is 1340. The third-order valence-corrected chi connectivity index (χ3v) is 6.08. The van der Waals surface area contributed by atoms with Gasteiger partial charge in [-0.05, 0) is 53.6 Å². The van der Waals surface area contributed by atoms with Gasteiger partial charge in [0.2, 0.25) is 5.91 Å². The summed E-state index contributed by atoms with van der Waals surface area (Å²) in [5.41, 5.74) is 2.61. The number of benzene rings is 3. The molecular weight excluding hydrogens is 456 g/mol. The van der Waals surface area contributed by atoms with Crippen molar-refractivity contribution in [2.24, 2.45) is 0 Å². The summed E-state index contributed by atoms with van der Waals surface area (Å²) < 4.78 is 43.6. The van der Waals surface area contributed by atoms with Crippen LogP contribution < -0.4 is 14.4 Å². The first-order valence-electron chi connectivity index (χ1n) is 11.0. The summed E-state index contributed by atoms with van der Waals surface area (Å²) in [4.78, 5) is 27.2. The van der Waals surface area contributed by atoms with E-state index in [1.165, 1.54) is 42.3 Å². The SMILES string of the molecule is COc1cc(C2CC(=O)N(c3cccc(F)c3)C3=C2C(=O)OC3)ccc1OCc1ccc(F)cc1. The van der Waals surface area contributed by atoms with Crippen LogP contribution in [0.5, 0.6) is 11.5 Å². The molecule has 0 fully saturated rings. The highest BCUT2D eigenvalue weighted by Crippen LogP contribution is 2.43. The molecule has 178 valence electrons. The molecule has 0 aromatic heterocycles. The number of cyclic esters (lactones) is 1. The Kier molecular flexibility index (Phi) is 5.94. The molecule has 3 aromatic rings. The minimum atomic E-state index is -0.544. The van der Waals surface area contributed by atoms with Gasteiger partial charge in [-0.2, -0.15) is 0 Å². The molecule has 1 amide bonds. The maximum Gasteiger partial charge on any atom is 0.336 e. The molecule has 0 saturated heterocycles. The van der Waals surface area contributed by atoms with Gasteiger partial charge in [0.15, 0.2) is 11.5 Å². The Hall–Kier alpha value is -4.20. The predicted molar refractivity (Wildman–Crippen MR) is 123 cm³/mol. The summed E-state index contributed by atoms with van der Waals surface area (Å²) in [7, 11) is 1.50. The predicted octanol–water partition coefficient (Wildman–Crippen LogP) is 4.88. The van der Waals surface area contributed by atoms with Gasteiger partial charge in [0.05, 0.1) is 24.1 Å². The lowest BCUT2D eigenvalue weighted by Crippen LogP contribution is -2.37. The van der Waals surface area contributed by atoms with E-state index in [-0.39, 0.29) is 31.4 Å². The topological polar surface area (TPSA) is 65.1 Å². The van der Waals surface area contributed by atoms with Crippen molar-refractivity contribution >= 4 is 17.6 Å². The second-order valence-corrected chi connectivity index (χ2v) is 8.23. The molecule has 1 unspecified atom stereocenters. The van der Waals surface area contributed by atoms with Crippen LogP contribution in [0, 0.1) is 11.6 Å². The number of esters is 1. The molecule has 0 N–H and O–H groups in total. The van der Waals surface area contributed by atoms with Crippen molar-refractivity contribution in [3.8, 4) is 11.5 Å². The van der Waals surface area contributed by atoms with Gasteiger partial charge in [-0.15, -0.1) is 0 Å². The zero-order valence-electron chi connectivity index (χ0n) is 18.8. The number of anilines is 1. The number of nitrogens with zero attached hydrogens (tertiary/aromatic N) is 1. The number of carbonyl (C=O) groups is 2. The van der Waals surface area contributed by atoms with Crippen molar-refractivity contribution < 1.29 is 32.6 Å². The fraction of sp³-hybridized carbons (Fsp3) is 0.185. The molecule has 1 atom stereocenters. The van der Waals surface area contributed by atoms with Crippen molar-refractivity contribution in [2.45, 2.75) is 18.9 Å². The van der Waals surface area contributed by atoms with Crippen molar-refractivity contribution in [3.63, 3.8) is 0 Å². The van der Waals surface area contributed by atoms with Gasteiger partial charge in [0, 0.05) is 12.3 Å². The van der Waals surface area contributed by atoms with Gasteiger partial charge in [0.1, 0.15) is 24.8 Å². The minimum Gasteiger partial charge on any atom is -0.493 e. The lowest BCUT2D eigenvalue weighted by Gasteiger charge is -2.32. The van der Waals surface area contributed by atoms with Crippen LogP contribution in [0.25, 0.3) is 0 Å². The van der Waals surface area contributed by atoms with E-state index in [0.29, 0.717) is 34.0 Å². The molecule has 0 radical (unpaired) electrons. The summed E-state index contributed by atoms with van der Waals surface area (Å²) in [6, 6.07) is 16.9. The van der Waals surface area contributed by atoms with Gasteiger partial charge in [-0.1, -0.05) is 24.3 Å². The van der Waals surface area contributed by atoms with Crippen molar-refractivity contribution in [1.29, 1.82) is 0 Å². The van der Waals surface area contributed by atoms with Crippen LogP contribution >= 0.6 is 0 Å². The van der Waals surface area contributed by atoms with Crippen LogP contribution in [-0.4, -0.2) is 25.6 Å². The minimum absolute atomic E-state index is 0.00336. The van der Waals surface area contributed by atoms with Gasteiger partial charge >= 0.3 is 5.97 Å². The van der Waals surface area contributed by atoms with E-state index >= 15 is 0 Å². The van der Waals surface area contributed by atoms with Crippen LogP contribution in [0.3, 0.4) is 0 Å². The van der Waals surface area contributed by atoms with E-state index in [1.54, 1.807) is 36.4 Å². The fourth-order valence-corrected chi connectivity index (χ4v) is 4.42. The lowest BCUT2D eigenvalue weighted by molar-refractivity contribution is -0.136. The number of hydrogen-bond acceptors (Lipinski definition) is 5. The van der Waals surface area contributed by atoms with Gasteiger partial charge in [-0.25, -0.2) is 13.6 Å². The summed E-state index contributed by atoms with van der Waals surface area (Å²) >= 11 is 0. The maximum absolute atomic E-state index is 13.8. The Labute approximate surface area is 200 Å². The third-order valence-electron chi connectivity index (χ3n) is 6.08. The molecule has 0 aliphatic carbocycles. The van der Waals surface area contributed by atoms with E-state index in [2.05, 4.69) is 0 Å². The molecule has 0 bridgehead atoms. The maximum atomic E-state index is 13.8. The van der Waals surface area contributed by atoms with E-state index in [9.17, 15) is 18.4 Å². The van der Waals surface area contributed by atoms with E-state index in [4.69, 9.17) is 14.2 Å². The van der Waals surface area contributed by atoms with Crippen molar-refractivity contribution in [3.05, 3.63) is 101 Å². The molecule has 2 aliphatic heterocycles. The standard InChI is InChI=1S/C27H21F2NO5/c1-33-24-11-17(7-10-23(24)34-14-16-5-8-18(28)9-6-16)21-13-25(31)30(20-4-2-3-19(29)12-20)22-15-35-27(32)26(21)22/h2-12,21H,13-15H2,1H3. The lowest BCUT2D eigenvalue weighted by atomic mass is 9.84. The number of methoxy groups -OCH3 is 1. The molecule has 5 rings (SSSR count). The highest BCUT2D eigenvalue weighted by Gasteiger charge is 2.43. The zero-order valence-corrected chi connectivity index (χ0v) is 18.8. The van der Waals surface area contributed by atoms with E-state index in [0.717, 1.165) is 5.56 Å². The smallest absolute Gasteiger partial charge is 0.336 e. The zero-order chi connectivity index (χ0) is 24.5. The Morgan fingerprint density at radius 2 is 1.77 bits per heavy atom. The summed E-state index contributed by atoms with van der Waals surface area (Å²) in [5.74, 6) is -1.23.